The lowest BCUT2D eigenvalue weighted by Crippen LogP contribution is -2.20. The summed E-state index contributed by atoms with van der Waals surface area (Å²) in [5.74, 6) is 0. The largest absolute Gasteiger partial charge is 0.325 e. The Balaban J connectivity index is 1.98. The predicted molar refractivity (Wildman–Crippen MR) is 81.1 cm³/mol. The van der Waals surface area contributed by atoms with Crippen molar-refractivity contribution in [3.8, 4) is 0 Å². The van der Waals surface area contributed by atoms with E-state index >= 15 is 0 Å². The molecule has 1 unspecified atom stereocenters. The third-order valence-electron chi connectivity index (χ3n) is 2.74. The van der Waals surface area contributed by atoms with E-state index in [-0.39, 0.29) is 12.1 Å². The van der Waals surface area contributed by atoms with E-state index < -0.39 is 0 Å². The fraction of sp³-hybridized carbons (Fsp3) is 0.308. The van der Waals surface area contributed by atoms with E-state index in [1.54, 1.807) is 5.51 Å². The minimum absolute atomic E-state index is 0.243. The van der Waals surface area contributed by atoms with Crippen LogP contribution < -0.4 is 16.0 Å². The molecule has 0 aliphatic rings. The number of carbonyl (C=O) groups is 1. The Hall–Kier alpha value is -1.99. The summed E-state index contributed by atoms with van der Waals surface area (Å²) in [5.41, 5.74) is 3.43. The molecule has 0 aliphatic heterocycles. The van der Waals surface area contributed by atoms with Gasteiger partial charge in [0, 0.05) is 11.7 Å². The Labute approximate surface area is 121 Å². The highest BCUT2D eigenvalue weighted by Crippen LogP contribution is 2.17. The number of amides is 2. The highest BCUT2D eigenvalue weighted by atomic mass is 32.1. The van der Waals surface area contributed by atoms with Crippen molar-refractivity contribution in [2.45, 2.75) is 19.9 Å². The number of aromatic nitrogens is 2. The molecule has 0 fully saturated rings. The van der Waals surface area contributed by atoms with Crippen LogP contribution >= 0.6 is 11.3 Å². The van der Waals surface area contributed by atoms with Gasteiger partial charge in [-0.2, -0.15) is 0 Å². The molecule has 1 atom stereocenters. The molecule has 1 heterocycles. The first-order chi connectivity index (χ1) is 9.69. The van der Waals surface area contributed by atoms with Gasteiger partial charge >= 0.3 is 6.03 Å². The first-order valence-corrected chi connectivity index (χ1v) is 7.24. The highest BCUT2D eigenvalue weighted by Gasteiger charge is 2.07. The zero-order chi connectivity index (χ0) is 14.4. The number of rotatable bonds is 5. The molecule has 0 saturated heterocycles. The average molecular weight is 291 g/mol. The molecular weight excluding hydrogens is 274 g/mol. The Morgan fingerprint density at radius 2 is 2.25 bits per heavy atom. The standard InChI is InChI=1S/C13H17N5OS/c1-3-14-9(2)10-5-4-6-11(7-10)16-12(19)17-13-18-15-8-20-13/h4-9,14H,3H2,1-2H3,(H2,16,17,18,19). The summed E-state index contributed by atoms with van der Waals surface area (Å²) >= 11 is 1.27. The zero-order valence-electron chi connectivity index (χ0n) is 11.4. The van der Waals surface area contributed by atoms with Crippen molar-refractivity contribution in [1.82, 2.24) is 15.5 Å². The number of nitrogens with zero attached hydrogens (tertiary/aromatic N) is 2. The summed E-state index contributed by atoms with van der Waals surface area (Å²) in [6.45, 7) is 5.05. The molecule has 0 saturated carbocycles. The summed E-state index contributed by atoms with van der Waals surface area (Å²) in [6, 6.07) is 7.67. The van der Waals surface area contributed by atoms with E-state index in [0.717, 1.165) is 17.8 Å². The van der Waals surface area contributed by atoms with E-state index in [0.29, 0.717) is 5.13 Å². The van der Waals surface area contributed by atoms with Gasteiger partial charge in [0.1, 0.15) is 5.51 Å². The average Bonchev–Trinajstić information content (AvgIpc) is 2.92. The van der Waals surface area contributed by atoms with E-state index in [4.69, 9.17) is 0 Å². The molecule has 2 aromatic rings. The number of urea groups is 1. The summed E-state index contributed by atoms with van der Waals surface area (Å²) in [5, 5.41) is 16.6. The van der Waals surface area contributed by atoms with Crippen molar-refractivity contribution in [3.63, 3.8) is 0 Å². The van der Waals surface area contributed by atoms with Crippen LogP contribution in [0, 0.1) is 0 Å². The SMILES string of the molecule is CCNC(C)c1cccc(NC(=O)Nc2nncs2)c1. The lowest BCUT2D eigenvalue weighted by molar-refractivity contribution is 0.262. The predicted octanol–water partition coefficient (Wildman–Crippen LogP) is 2.85. The Kier molecular flexibility index (Phi) is 5.03. The molecule has 1 aromatic carbocycles. The Bertz CT molecular complexity index is 558. The van der Waals surface area contributed by atoms with Crippen LogP contribution in [0.3, 0.4) is 0 Å². The van der Waals surface area contributed by atoms with E-state index in [1.165, 1.54) is 11.3 Å². The minimum atomic E-state index is -0.324. The van der Waals surface area contributed by atoms with Gasteiger partial charge in [-0.3, -0.25) is 5.32 Å². The first kappa shape index (κ1) is 14.4. The number of benzene rings is 1. The van der Waals surface area contributed by atoms with Crippen LogP contribution in [0.1, 0.15) is 25.5 Å². The molecule has 0 aliphatic carbocycles. The molecule has 2 amide bonds. The molecule has 0 spiro atoms. The summed E-state index contributed by atoms with van der Waals surface area (Å²) in [7, 11) is 0. The number of hydrogen-bond acceptors (Lipinski definition) is 5. The van der Waals surface area contributed by atoms with Crippen LogP contribution in [-0.4, -0.2) is 22.8 Å². The quantitative estimate of drug-likeness (QED) is 0.791. The normalized spacial score (nSPS) is 11.9. The molecule has 20 heavy (non-hydrogen) atoms. The van der Waals surface area contributed by atoms with E-state index in [1.807, 2.05) is 24.3 Å². The van der Waals surface area contributed by atoms with Gasteiger partial charge in [-0.05, 0) is 31.2 Å². The number of hydrogen-bond donors (Lipinski definition) is 3. The number of carbonyl (C=O) groups excluding carboxylic acids is 1. The number of anilines is 2. The molecule has 1 aromatic heterocycles. The van der Waals surface area contributed by atoms with Crippen molar-refractivity contribution in [3.05, 3.63) is 35.3 Å². The Morgan fingerprint density at radius 3 is 2.95 bits per heavy atom. The fourth-order valence-corrected chi connectivity index (χ4v) is 2.24. The Morgan fingerprint density at radius 1 is 1.40 bits per heavy atom. The van der Waals surface area contributed by atoms with Crippen LogP contribution in [0.5, 0.6) is 0 Å². The van der Waals surface area contributed by atoms with Gasteiger partial charge in [0.15, 0.2) is 0 Å². The van der Waals surface area contributed by atoms with E-state index in [2.05, 4.69) is 40.0 Å². The van der Waals surface area contributed by atoms with Crippen LogP contribution in [0.15, 0.2) is 29.8 Å². The van der Waals surface area contributed by atoms with Crippen molar-refractivity contribution in [1.29, 1.82) is 0 Å². The van der Waals surface area contributed by atoms with Crippen molar-refractivity contribution in [2.24, 2.45) is 0 Å². The van der Waals surface area contributed by atoms with Crippen LogP contribution in [0.4, 0.5) is 15.6 Å². The van der Waals surface area contributed by atoms with Gasteiger partial charge in [0.2, 0.25) is 5.13 Å². The fourth-order valence-electron chi connectivity index (χ4n) is 1.80. The second kappa shape index (κ2) is 6.97. The number of nitrogens with one attached hydrogen (secondary N) is 3. The third kappa shape index (κ3) is 4.01. The van der Waals surface area contributed by atoms with Gasteiger partial charge in [-0.15, -0.1) is 10.2 Å². The van der Waals surface area contributed by atoms with Gasteiger partial charge in [-0.25, -0.2) is 4.79 Å². The molecule has 0 bridgehead atoms. The monoisotopic (exact) mass is 291 g/mol. The second-order valence-corrected chi connectivity index (χ2v) is 5.06. The van der Waals surface area contributed by atoms with Gasteiger partial charge in [-0.1, -0.05) is 30.4 Å². The first-order valence-electron chi connectivity index (χ1n) is 6.36. The zero-order valence-corrected chi connectivity index (χ0v) is 12.2. The summed E-state index contributed by atoms with van der Waals surface area (Å²) < 4.78 is 0. The third-order valence-corrected chi connectivity index (χ3v) is 3.34. The molecule has 3 N–H and O–H groups in total. The smallest absolute Gasteiger partial charge is 0.310 e. The molecule has 2 rings (SSSR count). The maximum atomic E-state index is 11.8. The van der Waals surface area contributed by atoms with E-state index in [9.17, 15) is 4.79 Å². The molecule has 6 nitrogen and oxygen atoms in total. The van der Waals surface area contributed by atoms with Crippen molar-refractivity contribution >= 4 is 28.2 Å². The topological polar surface area (TPSA) is 78.9 Å². The van der Waals surface area contributed by atoms with Crippen LogP contribution in [0.25, 0.3) is 0 Å². The van der Waals surface area contributed by atoms with Crippen LogP contribution in [-0.2, 0) is 0 Å². The van der Waals surface area contributed by atoms with Gasteiger partial charge in [0.05, 0.1) is 0 Å². The minimum Gasteiger partial charge on any atom is -0.310 e. The van der Waals surface area contributed by atoms with Gasteiger partial charge < -0.3 is 10.6 Å². The van der Waals surface area contributed by atoms with Crippen LogP contribution in [0.2, 0.25) is 0 Å². The maximum Gasteiger partial charge on any atom is 0.325 e. The summed E-state index contributed by atoms with van der Waals surface area (Å²) in [4.78, 5) is 11.8. The molecule has 106 valence electrons. The molecular formula is C13H17N5OS. The lowest BCUT2D eigenvalue weighted by Gasteiger charge is -2.14. The lowest BCUT2D eigenvalue weighted by atomic mass is 10.1. The van der Waals surface area contributed by atoms with Crippen molar-refractivity contribution in [2.75, 3.05) is 17.2 Å². The summed E-state index contributed by atoms with van der Waals surface area (Å²) in [6.07, 6.45) is 0. The van der Waals surface area contributed by atoms with Crippen molar-refractivity contribution < 1.29 is 4.79 Å². The highest BCUT2D eigenvalue weighted by molar-refractivity contribution is 7.13. The molecule has 0 radical (unpaired) electrons. The maximum absolute atomic E-state index is 11.8. The molecule has 7 heteroatoms. The van der Waals surface area contributed by atoms with Gasteiger partial charge in [0.25, 0.3) is 0 Å². The second-order valence-electron chi connectivity index (χ2n) is 4.23.